The number of benzene rings is 2. The van der Waals surface area contributed by atoms with Crippen LogP contribution in [0.15, 0.2) is 46.9 Å². The molecule has 0 atom stereocenters. The van der Waals surface area contributed by atoms with E-state index in [1.807, 2.05) is 24.3 Å². The van der Waals surface area contributed by atoms with E-state index in [0.717, 1.165) is 16.1 Å². The quantitative estimate of drug-likeness (QED) is 0.680. The van der Waals surface area contributed by atoms with E-state index in [9.17, 15) is 14.5 Å². The first-order valence-electron chi connectivity index (χ1n) is 5.48. The molecule has 0 saturated carbocycles. The van der Waals surface area contributed by atoms with Crippen molar-refractivity contribution in [2.24, 2.45) is 0 Å². The molecule has 98 valence electrons. The Morgan fingerprint density at radius 1 is 1.26 bits per heavy atom. The molecule has 0 heterocycles. The number of rotatable bonds is 4. The lowest BCUT2D eigenvalue weighted by Crippen LogP contribution is -2.01. The standard InChI is InChI=1S/C13H10BrFN2O2/c14-10-3-1-2-9(6-10)8-16-11-4-5-12(15)13(7-11)17(18)19/h1-7,16H,8H2. The van der Waals surface area contributed by atoms with Crippen LogP contribution in [0.25, 0.3) is 0 Å². The first-order valence-corrected chi connectivity index (χ1v) is 6.28. The van der Waals surface area contributed by atoms with E-state index in [2.05, 4.69) is 21.2 Å². The van der Waals surface area contributed by atoms with Gasteiger partial charge in [0.2, 0.25) is 5.82 Å². The molecule has 0 unspecified atom stereocenters. The topological polar surface area (TPSA) is 55.2 Å². The Morgan fingerprint density at radius 3 is 2.74 bits per heavy atom. The fourth-order valence-electron chi connectivity index (χ4n) is 1.61. The molecule has 1 N–H and O–H groups in total. The maximum Gasteiger partial charge on any atom is 0.306 e. The lowest BCUT2D eigenvalue weighted by atomic mass is 10.2. The highest BCUT2D eigenvalue weighted by Crippen LogP contribution is 2.22. The minimum absolute atomic E-state index is 0.502. The van der Waals surface area contributed by atoms with Crippen molar-refractivity contribution in [3.8, 4) is 0 Å². The van der Waals surface area contributed by atoms with Gasteiger partial charge in [-0.3, -0.25) is 10.1 Å². The van der Waals surface area contributed by atoms with Crippen LogP contribution in [-0.4, -0.2) is 4.92 Å². The largest absolute Gasteiger partial charge is 0.381 e. The SMILES string of the molecule is O=[N+]([O-])c1cc(NCc2cccc(Br)c2)ccc1F. The number of nitro groups is 1. The molecule has 2 rings (SSSR count). The van der Waals surface area contributed by atoms with Gasteiger partial charge in [0.15, 0.2) is 0 Å². The normalized spacial score (nSPS) is 10.2. The van der Waals surface area contributed by atoms with Crippen molar-refractivity contribution in [3.63, 3.8) is 0 Å². The minimum Gasteiger partial charge on any atom is -0.381 e. The summed E-state index contributed by atoms with van der Waals surface area (Å²) in [6, 6.07) is 11.4. The number of hydrogen-bond donors (Lipinski definition) is 1. The molecule has 0 aliphatic heterocycles. The summed E-state index contributed by atoms with van der Waals surface area (Å²) in [6.45, 7) is 0.502. The Morgan fingerprint density at radius 2 is 2.05 bits per heavy atom. The van der Waals surface area contributed by atoms with Crippen molar-refractivity contribution in [1.82, 2.24) is 0 Å². The Hall–Kier alpha value is -1.95. The Bertz CT molecular complexity index is 619. The van der Waals surface area contributed by atoms with Crippen LogP contribution < -0.4 is 5.32 Å². The van der Waals surface area contributed by atoms with Gasteiger partial charge in [0.25, 0.3) is 0 Å². The van der Waals surface area contributed by atoms with Crippen LogP contribution in [0.1, 0.15) is 5.56 Å². The predicted octanol–water partition coefficient (Wildman–Crippen LogP) is 4.11. The van der Waals surface area contributed by atoms with E-state index in [1.165, 1.54) is 12.1 Å². The van der Waals surface area contributed by atoms with Gasteiger partial charge in [-0.05, 0) is 29.8 Å². The Kier molecular flexibility index (Phi) is 4.11. The van der Waals surface area contributed by atoms with E-state index < -0.39 is 16.4 Å². The molecule has 0 spiro atoms. The molecule has 0 radical (unpaired) electrons. The van der Waals surface area contributed by atoms with Gasteiger partial charge in [0.1, 0.15) is 0 Å². The Balaban J connectivity index is 2.12. The van der Waals surface area contributed by atoms with Crippen molar-refractivity contribution in [1.29, 1.82) is 0 Å². The molecular formula is C13H10BrFN2O2. The van der Waals surface area contributed by atoms with Crippen molar-refractivity contribution < 1.29 is 9.31 Å². The van der Waals surface area contributed by atoms with Gasteiger partial charge in [0, 0.05) is 22.8 Å². The smallest absolute Gasteiger partial charge is 0.306 e. The minimum atomic E-state index is -0.835. The van der Waals surface area contributed by atoms with Crippen LogP contribution in [0.3, 0.4) is 0 Å². The number of nitrogens with zero attached hydrogens (tertiary/aromatic N) is 1. The fourth-order valence-corrected chi connectivity index (χ4v) is 2.06. The third kappa shape index (κ3) is 3.51. The zero-order valence-corrected chi connectivity index (χ0v) is 11.4. The Labute approximate surface area is 117 Å². The van der Waals surface area contributed by atoms with Crippen LogP contribution in [0, 0.1) is 15.9 Å². The van der Waals surface area contributed by atoms with E-state index in [0.29, 0.717) is 12.2 Å². The molecular weight excluding hydrogens is 315 g/mol. The summed E-state index contributed by atoms with van der Waals surface area (Å²) in [5.74, 6) is -0.835. The molecule has 0 amide bonds. The third-order valence-corrected chi connectivity index (χ3v) is 3.02. The predicted molar refractivity (Wildman–Crippen MR) is 74.5 cm³/mol. The maximum absolute atomic E-state index is 13.2. The highest BCUT2D eigenvalue weighted by atomic mass is 79.9. The molecule has 0 aliphatic carbocycles. The van der Waals surface area contributed by atoms with Gasteiger partial charge in [-0.1, -0.05) is 28.1 Å². The fraction of sp³-hybridized carbons (Fsp3) is 0.0769. The summed E-state index contributed by atoms with van der Waals surface area (Å²) in [5, 5.41) is 13.6. The van der Waals surface area contributed by atoms with Gasteiger partial charge >= 0.3 is 5.69 Å². The van der Waals surface area contributed by atoms with Gasteiger partial charge in [-0.2, -0.15) is 4.39 Å². The van der Waals surface area contributed by atoms with Gasteiger partial charge in [-0.15, -0.1) is 0 Å². The first-order chi connectivity index (χ1) is 9.06. The monoisotopic (exact) mass is 324 g/mol. The highest BCUT2D eigenvalue weighted by molar-refractivity contribution is 9.10. The maximum atomic E-state index is 13.2. The summed E-state index contributed by atoms with van der Waals surface area (Å²) in [7, 11) is 0. The number of nitro benzene ring substituents is 1. The van der Waals surface area contributed by atoms with Gasteiger partial charge in [-0.25, -0.2) is 0 Å². The lowest BCUT2D eigenvalue weighted by Gasteiger charge is -2.07. The molecule has 0 bridgehead atoms. The summed E-state index contributed by atoms with van der Waals surface area (Å²) in [5.41, 5.74) is 0.994. The van der Waals surface area contributed by atoms with E-state index in [1.54, 1.807) is 0 Å². The van der Waals surface area contributed by atoms with Crippen LogP contribution >= 0.6 is 15.9 Å². The highest BCUT2D eigenvalue weighted by Gasteiger charge is 2.13. The van der Waals surface area contributed by atoms with E-state index in [4.69, 9.17) is 0 Å². The first kappa shape index (κ1) is 13.5. The summed E-state index contributed by atoms with van der Waals surface area (Å²) >= 11 is 3.36. The van der Waals surface area contributed by atoms with Crippen LogP contribution in [-0.2, 0) is 6.54 Å². The average molecular weight is 325 g/mol. The third-order valence-electron chi connectivity index (χ3n) is 2.53. The molecule has 0 saturated heterocycles. The van der Waals surface area contributed by atoms with Crippen molar-refractivity contribution in [2.45, 2.75) is 6.54 Å². The molecule has 0 fully saturated rings. The van der Waals surface area contributed by atoms with E-state index in [-0.39, 0.29) is 0 Å². The van der Waals surface area contributed by atoms with Crippen molar-refractivity contribution in [3.05, 3.63) is 68.4 Å². The van der Waals surface area contributed by atoms with Crippen molar-refractivity contribution in [2.75, 3.05) is 5.32 Å². The van der Waals surface area contributed by atoms with Crippen LogP contribution in [0.5, 0.6) is 0 Å². The lowest BCUT2D eigenvalue weighted by molar-refractivity contribution is -0.387. The zero-order chi connectivity index (χ0) is 13.8. The average Bonchev–Trinajstić information content (AvgIpc) is 2.37. The molecule has 6 heteroatoms. The zero-order valence-electron chi connectivity index (χ0n) is 9.77. The molecule has 0 aliphatic rings. The molecule has 4 nitrogen and oxygen atoms in total. The van der Waals surface area contributed by atoms with E-state index >= 15 is 0 Å². The van der Waals surface area contributed by atoms with Crippen LogP contribution in [0.4, 0.5) is 15.8 Å². The summed E-state index contributed by atoms with van der Waals surface area (Å²) in [4.78, 5) is 9.89. The summed E-state index contributed by atoms with van der Waals surface area (Å²) in [6.07, 6.45) is 0. The van der Waals surface area contributed by atoms with Gasteiger partial charge < -0.3 is 5.32 Å². The number of hydrogen-bond acceptors (Lipinski definition) is 3. The summed E-state index contributed by atoms with van der Waals surface area (Å²) < 4.78 is 14.1. The molecule has 19 heavy (non-hydrogen) atoms. The molecule has 2 aromatic carbocycles. The number of halogens is 2. The van der Waals surface area contributed by atoms with Crippen LogP contribution in [0.2, 0.25) is 0 Å². The second-order valence-electron chi connectivity index (χ2n) is 3.91. The number of nitrogens with one attached hydrogen (secondary N) is 1. The second-order valence-corrected chi connectivity index (χ2v) is 4.82. The molecule has 2 aromatic rings. The van der Waals surface area contributed by atoms with Crippen molar-refractivity contribution >= 4 is 27.3 Å². The molecule has 0 aromatic heterocycles. The second kappa shape index (κ2) is 5.79. The number of anilines is 1. The van der Waals surface area contributed by atoms with Gasteiger partial charge in [0.05, 0.1) is 4.92 Å².